The van der Waals surface area contributed by atoms with E-state index < -0.39 is 0 Å². The van der Waals surface area contributed by atoms with Crippen LogP contribution in [0.1, 0.15) is 18.4 Å². The molecule has 3 aliphatic carbocycles. The molecule has 1 aliphatic heterocycles. The summed E-state index contributed by atoms with van der Waals surface area (Å²) in [7, 11) is 0. The van der Waals surface area contributed by atoms with Crippen molar-refractivity contribution in [3.63, 3.8) is 0 Å². The third-order valence-electron chi connectivity index (χ3n) is 5.28. The number of nitrogens with zero attached hydrogens (tertiary/aromatic N) is 2. The average molecular weight is 336 g/mol. The van der Waals surface area contributed by atoms with Gasteiger partial charge in [-0.15, -0.1) is 0 Å². The number of benzene rings is 1. The molecular weight excluding hydrogens is 316 g/mol. The first-order chi connectivity index (χ1) is 12.2. The lowest BCUT2D eigenvalue weighted by Gasteiger charge is -2.37. The number of hydrogen-bond donors (Lipinski definition) is 0. The highest BCUT2D eigenvalue weighted by Crippen LogP contribution is 2.49. The number of imide groups is 1. The van der Waals surface area contributed by atoms with Crippen LogP contribution < -0.4 is 4.74 Å². The second-order valence-electron chi connectivity index (χ2n) is 6.75. The molecule has 4 aliphatic rings. The fourth-order valence-electron chi connectivity index (χ4n) is 4.14. The maximum Gasteiger partial charge on any atom is 0.254 e. The van der Waals surface area contributed by atoms with E-state index in [2.05, 4.69) is 23.8 Å². The Balaban J connectivity index is 1.53. The Hall–Kier alpha value is -2.69. The lowest BCUT2D eigenvalue weighted by atomic mass is 9.63. The summed E-state index contributed by atoms with van der Waals surface area (Å²) < 4.78 is 5.49. The molecule has 0 radical (unpaired) electrons. The fourth-order valence-corrected chi connectivity index (χ4v) is 4.14. The van der Waals surface area contributed by atoms with Crippen molar-refractivity contribution < 1.29 is 14.3 Å². The molecule has 1 aromatic rings. The Morgan fingerprint density at radius 3 is 2.44 bits per heavy atom. The fraction of sp³-hybridized carbons (Fsp3) is 0.350. The minimum atomic E-state index is -0.226. The van der Waals surface area contributed by atoms with Gasteiger partial charge in [0, 0.05) is 0 Å². The predicted molar refractivity (Wildman–Crippen MR) is 93.9 cm³/mol. The number of carbonyl (C=O) groups excluding carboxylic acids is 2. The van der Waals surface area contributed by atoms with E-state index in [0.717, 1.165) is 23.4 Å². The maximum atomic E-state index is 12.7. The van der Waals surface area contributed by atoms with Crippen LogP contribution in [-0.2, 0) is 9.59 Å². The van der Waals surface area contributed by atoms with Crippen LogP contribution in [0.4, 0.5) is 0 Å². The second kappa shape index (κ2) is 6.31. The normalized spacial score (nSPS) is 30.2. The van der Waals surface area contributed by atoms with E-state index in [1.54, 1.807) is 12.3 Å². The van der Waals surface area contributed by atoms with Crippen LogP contribution in [0.15, 0.2) is 54.2 Å². The van der Waals surface area contributed by atoms with Crippen LogP contribution in [0, 0.1) is 23.7 Å². The summed E-state index contributed by atoms with van der Waals surface area (Å²) in [6, 6.07) is 7.35. The smallest absolute Gasteiger partial charge is 0.254 e. The third-order valence-corrected chi connectivity index (χ3v) is 5.28. The molecule has 5 nitrogen and oxygen atoms in total. The van der Waals surface area contributed by atoms with Crippen molar-refractivity contribution >= 4 is 18.0 Å². The standard InChI is InChI=1S/C20H20N2O3/c1-2-10-25-16-5-3-4-13(11-16)12-21-22-19(23)17-14-6-7-15(9-8-14)18(17)20(22)24/h2-7,11-12,14-15,17-18H,1,8-10H2/b21-12-/t14-,15-,17-,18-/m0/s1. The highest BCUT2D eigenvalue weighted by Gasteiger charge is 2.56. The summed E-state index contributed by atoms with van der Waals surface area (Å²) in [5.41, 5.74) is 0.776. The Bertz CT molecular complexity index is 751. The molecule has 1 aromatic carbocycles. The van der Waals surface area contributed by atoms with Gasteiger partial charge in [0.1, 0.15) is 12.4 Å². The van der Waals surface area contributed by atoms with Crippen LogP contribution in [-0.4, -0.2) is 29.6 Å². The minimum Gasteiger partial charge on any atom is -0.490 e. The molecular formula is C20H20N2O3. The van der Waals surface area contributed by atoms with Crippen molar-refractivity contribution in [2.45, 2.75) is 12.8 Å². The van der Waals surface area contributed by atoms with E-state index in [-0.39, 0.29) is 35.5 Å². The molecule has 25 heavy (non-hydrogen) atoms. The first-order valence-electron chi connectivity index (χ1n) is 8.63. The number of hydrogen-bond acceptors (Lipinski definition) is 4. The summed E-state index contributed by atoms with van der Waals surface area (Å²) in [4.78, 5) is 25.4. The molecule has 5 heteroatoms. The zero-order chi connectivity index (χ0) is 17.4. The minimum absolute atomic E-state index is 0.163. The van der Waals surface area contributed by atoms with Crippen molar-refractivity contribution in [3.05, 3.63) is 54.6 Å². The molecule has 5 rings (SSSR count). The van der Waals surface area contributed by atoms with Gasteiger partial charge in [-0.1, -0.05) is 36.9 Å². The van der Waals surface area contributed by atoms with Crippen LogP contribution in [0.5, 0.6) is 5.75 Å². The molecule has 0 unspecified atom stereocenters. The van der Waals surface area contributed by atoms with E-state index in [4.69, 9.17) is 4.74 Å². The molecule has 0 N–H and O–H groups in total. The number of carbonyl (C=O) groups is 2. The summed E-state index contributed by atoms with van der Waals surface area (Å²) in [6.45, 7) is 4.04. The highest BCUT2D eigenvalue weighted by atomic mass is 16.5. The Morgan fingerprint density at radius 1 is 1.16 bits per heavy atom. The second-order valence-corrected chi connectivity index (χ2v) is 6.75. The van der Waals surface area contributed by atoms with Crippen molar-refractivity contribution in [2.75, 3.05) is 6.61 Å². The third kappa shape index (κ3) is 2.69. The monoisotopic (exact) mass is 336 g/mol. The van der Waals surface area contributed by atoms with Crippen LogP contribution in [0.2, 0.25) is 0 Å². The molecule has 1 heterocycles. The summed E-state index contributed by atoms with van der Waals surface area (Å²) in [5, 5.41) is 5.28. The molecule has 2 bridgehead atoms. The molecule has 2 amide bonds. The number of hydrazone groups is 1. The van der Waals surface area contributed by atoms with Gasteiger partial charge in [0.2, 0.25) is 0 Å². The zero-order valence-corrected chi connectivity index (χ0v) is 13.9. The summed E-state index contributed by atoms with van der Waals surface area (Å²) in [6.07, 6.45) is 9.40. The Labute approximate surface area is 146 Å². The van der Waals surface area contributed by atoms with Crippen molar-refractivity contribution in [1.29, 1.82) is 0 Å². The molecule has 1 saturated heterocycles. The summed E-state index contributed by atoms with van der Waals surface area (Å²) >= 11 is 0. The van der Waals surface area contributed by atoms with Gasteiger partial charge in [0.15, 0.2) is 0 Å². The number of fused-ring (bicyclic) bond motifs is 1. The summed E-state index contributed by atoms with van der Waals surface area (Å²) in [5.74, 6) is 0.281. The van der Waals surface area contributed by atoms with Crippen LogP contribution >= 0.6 is 0 Å². The first kappa shape index (κ1) is 15.8. The molecule has 1 saturated carbocycles. The van der Waals surface area contributed by atoms with Crippen LogP contribution in [0.3, 0.4) is 0 Å². The predicted octanol–water partition coefficient (Wildman–Crippen LogP) is 2.78. The van der Waals surface area contributed by atoms with Crippen molar-refractivity contribution in [3.8, 4) is 5.75 Å². The molecule has 0 aromatic heterocycles. The van der Waals surface area contributed by atoms with Crippen LogP contribution in [0.25, 0.3) is 0 Å². The van der Waals surface area contributed by atoms with Gasteiger partial charge in [-0.05, 0) is 42.4 Å². The van der Waals surface area contributed by atoms with Gasteiger partial charge in [0.05, 0.1) is 18.1 Å². The SMILES string of the molecule is C=CCOc1cccc(/C=N\N2C(=O)[C@@H]3[C@@H](C2=O)[C@H]2C=C[C@H]3CC2)c1. The average Bonchev–Trinajstić information content (AvgIpc) is 2.92. The molecule has 0 spiro atoms. The van der Waals surface area contributed by atoms with E-state index >= 15 is 0 Å². The van der Waals surface area contributed by atoms with Gasteiger partial charge < -0.3 is 4.74 Å². The Kier molecular flexibility index (Phi) is 3.99. The van der Waals surface area contributed by atoms with E-state index in [1.165, 1.54) is 0 Å². The van der Waals surface area contributed by atoms with Gasteiger partial charge in [0.25, 0.3) is 11.8 Å². The first-order valence-corrected chi connectivity index (χ1v) is 8.63. The van der Waals surface area contributed by atoms with E-state index in [9.17, 15) is 9.59 Å². The maximum absolute atomic E-state index is 12.7. The highest BCUT2D eigenvalue weighted by molar-refractivity contribution is 6.06. The quantitative estimate of drug-likeness (QED) is 0.472. The molecule has 2 fully saturated rings. The number of ether oxygens (including phenoxy) is 1. The number of amides is 2. The van der Waals surface area contributed by atoms with Gasteiger partial charge in [-0.3, -0.25) is 9.59 Å². The van der Waals surface area contributed by atoms with Gasteiger partial charge in [-0.2, -0.15) is 10.1 Å². The Morgan fingerprint density at radius 2 is 1.84 bits per heavy atom. The largest absolute Gasteiger partial charge is 0.490 e. The van der Waals surface area contributed by atoms with E-state index in [0.29, 0.717) is 12.4 Å². The zero-order valence-electron chi connectivity index (χ0n) is 13.9. The number of rotatable bonds is 5. The van der Waals surface area contributed by atoms with E-state index in [1.807, 2.05) is 24.3 Å². The molecule has 4 atom stereocenters. The topological polar surface area (TPSA) is 59.0 Å². The molecule has 128 valence electrons. The van der Waals surface area contributed by atoms with Crippen molar-refractivity contribution in [2.24, 2.45) is 28.8 Å². The lowest BCUT2D eigenvalue weighted by Crippen LogP contribution is -2.38. The van der Waals surface area contributed by atoms with Gasteiger partial charge >= 0.3 is 0 Å². The lowest BCUT2D eigenvalue weighted by molar-refractivity contribution is -0.140. The van der Waals surface area contributed by atoms with Gasteiger partial charge in [-0.25, -0.2) is 0 Å². The van der Waals surface area contributed by atoms with Crippen molar-refractivity contribution in [1.82, 2.24) is 5.01 Å². The number of allylic oxidation sites excluding steroid dienone is 2.